The van der Waals surface area contributed by atoms with Gasteiger partial charge in [0.25, 0.3) is 11.5 Å². The van der Waals surface area contributed by atoms with Gasteiger partial charge in [-0.15, -0.1) is 0 Å². The Morgan fingerprint density at radius 1 is 1.29 bits per heavy atom. The van der Waals surface area contributed by atoms with E-state index < -0.39 is 0 Å². The summed E-state index contributed by atoms with van der Waals surface area (Å²) in [5, 5.41) is 9.65. The molecule has 0 aliphatic carbocycles. The summed E-state index contributed by atoms with van der Waals surface area (Å²) in [7, 11) is 1.67. The Morgan fingerprint density at radius 2 is 2.00 bits per heavy atom. The molecule has 176 valence electrons. The van der Waals surface area contributed by atoms with Crippen LogP contribution in [0.25, 0.3) is 6.08 Å². The molecule has 3 heterocycles. The predicted molar refractivity (Wildman–Crippen MR) is 137 cm³/mol. The number of piperidine rings is 1. The molecule has 1 aromatic carbocycles. The molecule has 2 fully saturated rings. The highest BCUT2D eigenvalue weighted by Crippen LogP contribution is 2.37. The van der Waals surface area contributed by atoms with Crippen molar-refractivity contribution < 1.29 is 9.18 Å². The minimum absolute atomic E-state index is 0.0735. The van der Waals surface area contributed by atoms with Crippen molar-refractivity contribution >= 4 is 46.1 Å². The average Bonchev–Trinajstić information content (AvgIpc) is 3.06. The number of thioether (sulfide) groups is 1. The van der Waals surface area contributed by atoms with Crippen LogP contribution in [0.2, 0.25) is 0 Å². The zero-order chi connectivity index (χ0) is 24.6. The Hall–Kier alpha value is -2.96. The van der Waals surface area contributed by atoms with E-state index in [1.54, 1.807) is 32.2 Å². The number of carbonyl (C=O) groups excluding carboxylic acids is 1. The first kappa shape index (κ1) is 24.2. The number of thiocarbonyl (C=S) groups is 1. The van der Waals surface area contributed by atoms with E-state index in [1.807, 2.05) is 6.07 Å². The van der Waals surface area contributed by atoms with Crippen molar-refractivity contribution in [3.63, 3.8) is 0 Å². The number of benzene rings is 1. The molecule has 0 saturated carbocycles. The molecule has 1 amide bonds. The van der Waals surface area contributed by atoms with Gasteiger partial charge in [-0.3, -0.25) is 19.1 Å². The average molecular weight is 497 g/mol. The molecule has 6 nitrogen and oxygen atoms in total. The predicted octanol–water partition coefficient (Wildman–Crippen LogP) is 4.34. The summed E-state index contributed by atoms with van der Waals surface area (Å²) in [5.74, 6) is 0.606. The normalized spacial score (nSPS) is 19.7. The highest BCUT2D eigenvalue weighted by atomic mass is 32.2. The maximum atomic E-state index is 13.3. The Balaban J connectivity index is 1.77. The SMILES string of the molecule is Cc1c(C=C2SC(=S)N(Cc3ccc(F)cc3)C2=O)c(N2CCCC(C)C2)n(C)c(=O)c1C#N. The molecule has 2 aliphatic rings. The van der Waals surface area contributed by atoms with Gasteiger partial charge in [-0.2, -0.15) is 5.26 Å². The Kier molecular flexibility index (Phi) is 6.91. The second-order valence-electron chi connectivity index (χ2n) is 8.80. The summed E-state index contributed by atoms with van der Waals surface area (Å²) >= 11 is 6.67. The van der Waals surface area contributed by atoms with Gasteiger partial charge in [-0.25, -0.2) is 4.39 Å². The van der Waals surface area contributed by atoms with E-state index in [0.717, 1.165) is 37.3 Å². The molecule has 34 heavy (non-hydrogen) atoms. The van der Waals surface area contributed by atoms with Gasteiger partial charge in [-0.05, 0) is 55.0 Å². The minimum atomic E-state index is -0.341. The van der Waals surface area contributed by atoms with Gasteiger partial charge in [0, 0.05) is 25.7 Å². The van der Waals surface area contributed by atoms with Crippen LogP contribution in [0.5, 0.6) is 0 Å². The van der Waals surface area contributed by atoms with Crippen LogP contribution >= 0.6 is 24.0 Å². The van der Waals surface area contributed by atoms with E-state index in [1.165, 1.54) is 33.4 Å². The van der Waals surface area contributed by atoms with Crippen LogP contribution in [0.1, 0.15) is 42.0 Å². The molecule has 1 atom stereocenters. The number of hydrogen-bond acceptors (Lipinski definition) is 6. The molecule has 2 aromatic rings. The van der Waals surface area contributed by atoms with E-state index in [0.29, 0.717) is 26.3 Å². The molecule has 0 radical (unpaired) electrons. The number of rotatable bonds is 4. The Labute approximate surface area is 207 Å². The monoisotopic (exact) mass is 496 g/mol. The molecule has 1 unspecified atom stereocenters. The molecule has 0 bridgehead atoms. The number of aromatic nitrogens is 1. The zero-order valence-corrected chi connectivity index (χ0v) is 20.9. The summed E-state index contributed by atoms with van der Waals surface area (Å²) in [6, 6.07) is 8.00. The second kappa shape index (κ2) is 9.72. The summed E-state index contributed by atoms with van der Waals surface area (Å²) in [6.07, 6.45) is 3.89. The van der Waals surface area contributed by atoms with Crippen LogP contribution in [0.15, 0.2) is 34.0 Å². The number of carbonyl (C=O) groups is 1. The summed E-state index contributed by atoms with van der Waals surface area (Å²) in [4.78, 5) is 30.3. The van der Waals surface area contributed by atoms with Crippen molar-refractivity contribution in [3.05, 3.63) is 67.6 Å². The second-order valence-corrected chi connectivity index (χ2v) is 10.5. The van der Waals surface area contributed by atoms with Crippen LogP contribution < -0.4 is 10.5 Å². The number of anilines is 1. The molecular weight excluding hydrogens is 471 g/mol. The Morgan fingerprint density at radius 3 is 2.65 bits per heavy atom. The quantitative estimate of drug-likeness (QED) is 0.463. The molecule has 2 aliphatic heterocycles. The number of pyridine rings is 1. The number of halogens is 1. The summed E-state index contributed by atoms with van der Waals surface area (Å²) < 4.78 is 15.2. The molecule has 2 saturated heterocycles. The van der Waals surface area contributed by atoms with Crippen molar-refractivity contribution in [1.82, 2.24) is 9.47 Å². The largest absolute Gasteiger partial charge is 0.357 e. The van der Waals surface area contributed by atoms with Gasteiger partial charge >= 0.3 is 0 Å². The van der Waals surface area contributed by atoms with Gasteiger partial charge in [0.1, 0.15) is 27.6 Å². The fraction of sp³-hybridized carbons (Fsp3) is 0.360. The maximum absolute atomic E-state index is 13.3. The lowest BCUT2D eigenvalue weighted by Crippen LogP contribution is -2.39. The van der Waals surface area contributed by atoms with Crippen LogP contribution in [0.3, 0.4) is 0 Å². The van der Waals surface area contributed by atoms with Gasteiger partial charge in [0.15, 0.2) is 0 Å². The van der Waals surface area contributed by atoms with Crippen molar-refractivity contribution in [2.24, 2.45) is 13.0 Å². The number of nitriles is 1. The Bertz CT molecular complexity index is 1290. The number of amides is 1. The lowest BCUT2D eigenvalue weighted by molar-refractivity contribution is -0.122. The highest BCUT2D eigenvalue weighted by molar-refractivity contribution is 8.26. The van der Waals surface area contributed by atoms with E-state index in [4.69, 9.17) is 12.2 Å². The minimum Gasteiger partial charge on any atom is -0.357 e. The first-order valence-corrected chi connectivity index (χ1v) is 12.3. The molecular formula is C25H25FN4O2S2. The lowest BCUT2D eigenvalue weighted by Gasteiger charge is -2.35. The molecule has 0 spiro atoms. The summed E-state index contributed by atoms with van der Waals surface area (Å²) in [6.45, 7) is 5.78. The van der Waals surface area contributed by atoms with Gasteiger partial charge in [0.05, 0.1) is 11.4 Å². The molecule has 0 N–H and O–H groups in total. The van der Waals surface area contributed by atoms with Crippen molar-refractivity contribution in [1.29, 1.82) is 5.26 Å². The molecule has 1 aromatic heterocycles. The van der Waals surface area contributed by atoms with Crippen LogP contribution in [0, 0.1) is 30.0 Å². The van der Waals surface area contributed by atoms with Gasteiger partial charge in [0.2, 0.25) is 0 Å². The van der Waals surface area contributed by atoms with Gasteiger partial charge in [-0.1, -0.05) is 43.0 Å². The van der Waals surface area contributed by atoms with Crippen LogP contribution in [0.4, 0.5) is 10.2 Å². The third-order valence-corrected chi connectivity index (χ3v) is 7.71. The van der Waals surface area contributed by atoms with Crippen molar-refractivity contribution in [2.45, 2.75) is 33.2 Å². The number of nitrogens with zero attached hydrogens (tertiary/aromatic N) is 4. The topological polar surface area (TPSA) is 69.3 Å². The third kappa shape index (κ3) is 4.52. The van der Waals surface area contributed by atoms with E-state index in [9.17, 15) is 19.2 Å². The summed E-state index contributed by atoms with van der Waals surface area (Å²) in [5.41, 5.74) is 1.75. The zero-order valence-electron chi connectivity index (χ0n) is 19.3. The molecule has 4 rings (SSSR count). The maximum Gasteiger partial charge on any atom is 0.270 e. The van der Waals surface area contributed by atoms with Crippen LogP contribution in [-0.2, 0) is 18.4 Å². The molecule has 9 heteroatoms. The number of hydrogen-bond donors (Lipinski definition) is 0. The first-order valence-electron chi connectivity index (χ1n) is 11.1. The lowest BCUT2D eigenvalue weighted by atomic mass is 9.98. The highest BCUT2D eigenvalue weighted by Gasteiger charge is 2.33. The van der Waals surface area contributed by atoms with E-state index >= 15 is 0 Å². The smallest absolute Gasteiger partial charge is 0.270 e. The first-order chi connectivity index (χ1) is 16.2. The fourth-order valence-electron chi connectivity index (χ4n) is 4.52. The van der Waals surface area contributed by atoms with Crippen molar-refractivity contribution in [3.8, 4) is 6.07 Å². The standard InChI is InChI=1S/C25H25FN4O2S2/c1-15-5-4-10-29(13-15)22-19(16(2)20(12-27)23(31)28(22)3)11-21-24(32)30(25(33)34-21)14-17-6-8-18(26)9-7-17/h6-9,11,15H,4-5,10,13-14H2,1-3H3. The van der Waals surface area contributed by atoms with E-state index in [2.05, 4.69) is 11.8 Å². The van der Waals surface area contributed by atoms with Crippen molar-refractivity contribution in [2.75, 3.05) is 18.0 Å². The van der Waals surface area contributed by atoms with Gasteiger partial charge < -0.3 is 4.90 Å². The van der Waals surface area contributed by atoms with Crippen LogP contribution in [-0.4, -0.2) is 32.8 Å². The fourth-order valence-corrected chi connectivity index (χ4v) is 5.75. The van der Waals surface area contributed by atoms with E-state index in [-0.39, 0.29) is 29.4 Å². The third-order valence-electron chi connectivity index (χ3n) is 6.33.